The van der Waals surface area contributed by atoms with E-state index >= 15 is 0 Å². The van der Waals surface area contributed by atoms with Crippen molar-refractivity contribution in [3.63, 3.8) is 0 Å². The molecule has 0 atom stereocenters. The van der Waals surface area contributed by atoms with Crippen LogP contribution in [-0.4, -0.2) is 13.7 Å². The lowest BCUT2D eigenvalue weighted by Gasteiger charge is -2.01. The Hall–Kier alpha value is -0.700. The minimum Gasteiger partial charge on any atom is -0.489 e. The van der Waals surface area contributed by atoms with E-state index in [2.05, 4.69) is 0 Å². The molecule has 11 heavy (non-hydrogen) atoms. The average Bonchev–Trinajstić information content (AvgIpc) is 2.32. The first-order valence-corrected chi connectivity index (χ1v) is 4.36. The van der Waals surface area contributed by atoms with Crippen molar-refractivity contribution >= 4 is 11.3 Å². The van der Waals surface area contributed by atoms with Crippen molar-refractivity contribution in [1.82, 2.24) is 0 Å². The molecular weight excluding hydrogens is 160 g/mol. The summed E-state index contributed by atoms with van der Waals surface area (Å²) < 4.78 is 10.4. The van der Waals surface area contributed by atoms with Gasteiger partial charge in [0.1, 0.15) is 0 Å². The summed E-state index contributed by atoms with van der Waals surface area (Å²) in [7, 11) is 1.66. The molecule has 1 rings (SSSR count). The first-order valence-electron chi connectivity index (χ1n) is 3.55. The van der Waals surface area contributed by atoms with Crippen LogP contribution in [0.5, 0.6) is 10.8 Å². The van der Waals surface area contributed by atoms with Crippen LogP contribution in [0.15, 0.2) is 6.07 Å². The first kappa shape index (κ1) is 8.40. The summed E-state index contributed by atoms with van der Waals surface area (Å²) in [5.74, 6) is 0.859. The summed E-state index contributed by atoms with van der Waals surface area (Å²) in [6.07, 6.45) is 0. The minimum absolute atomic E-state index is 0.687. The maximum absolute atomic E-state index is 5.33. The molecule has 0 aliphatic heterocycles. The van der Waals surface area contributed by atoms with Crippen LogP contribution in [0.1, 0.15) is 11.8 Å². The summed E-state index contributed by atoms with van der Waals surface area (Å²) in [5.41, 5.74) is 0. The van der Waals surface area contributed by atoms with E-state index in [4.69, 9.17) is 9.47 Å². The van der Waals surface area contributed by atoms with Crippen molar-refractivity contribution in [2.45, 2.75) is 13.8 Å². The van der Waals surface area contributed by atoms with Crippen LogP contribution in [0.2, 0.25) is 0 Å². The van der Waals surface area contributed by atoms with E-state index in [0.717, 1.165) is 10.8 Å². The van der Waals surface area contributed by atoms with E-state index in [1.54, 1.807) is 18.4 Å². The molecule has 0 N–H and O–H groups in total. The van der Waals surface area contributed by atoms with Gasteiger partial charge in [0, 0.05) is 4.88 Å². The van der Waals surface area contributed by atoms with E-state index in [1.165, 1.54) is 4.88 Å². The van der Waals surface area contributed by atoms with Gasteiger partial charge in [0.15, 0.2) is 5.75 Å². The Labute approximate surface area is 70.8 Å². The van der Waals surface area contributed by atoms with E-state index in [1.807, 2.05) is 19.9 Å². The fraction of sp³-hybridized carbons (Fsp3) is 0.500. The minimum atomic E-state index is 0.687. The number of rotatable bonds is 3. The lowest BCUT2D eigenvalue weighted by molar-refractivity contribution is 0.316. The van der Waals surface area contributed by atoms with E-state index in [-0.39, 0.29) is 0 Å². The standard InChI is InChI=1S/C8H12O2S/c1-4-10-7-5-6(2)11-8(7)9-3/h5H,4H2,1-3H3. The SMILES string of the molecule is CCOc1cc(C)sc1OC. The molecule has 0 unspecified atom stereocenters. The largest absolute Gasteiger partial charge is 0.489 e. The zero-order valence-electron chi connectivity index (χ0n) is 7.01. The van der Waals surface area contributed by atoms with Crippen molar-refractivity contribution < 1.29 is 9.47 Å². The molecule has 0 amide bonds. The summed E-state index contributed by atoms with van der Waals surface area (Å²) >= 11 is 1.61. The summed E-state index contributed by atoms with van der Waals surface area (Å²) in [6, 6.07) is 1.99. The maximum Gasteiger partial charge on any atom is 0.216 e. The van der Waals surface area contributed by atoms with Crippen molar-refractivity contribution in [2.24, 2.45) is 0 Å². The van der Waals surface area contributed by atoms with Crippen LogP contribution in [0.25, 0.3) is 0 Å². The van der Waals surface area contributed by atoms with Crippen LogP contribution in [0.4, 0.5) is 0 Å². The second-order valence-corrected chi connectivity index (χ2v) is 3.36. The highest BCUT2D eigenvalue weighted by molar-refractivity contribution is 7.14. The molecule has 0 saturated carbocycles. The fourth-order valence-electron chi connectivity index (χ4n) is 0.868. The van der Waals surface area contributed by atoms with Crippen molar-refractivity contribution in [3.05, 3.63) is 10.9 Å². The molecular formula is C8H12O2S. The molecule has 0 radical (unpaired) electrons. The third-order valence-electron chi connectivity index (χ3n) is 1.27. The number of hydrogen-bond donors (Lipinski definition) is 0. The van der Waals surface area contributed by atoms with Crippen LogP contribution in [-0.2, 0) is 0 Å². The Balaban J connectivity index is 2.83. The maximum atomic E-state index is 5.33. The van der Waals surface area contributed by atoms with Gasteiger partial charge in [0.05, 0.1) is 13.7 Å². The molecule has 1 heterocycles. The fourth-order valence-corrected chi connectivity index (χ4v) is 1.63. The van der Waals surface area contributed by atoms with Crippen LogP contribution >= 0.6 is 11.3 Å². The third kappa shape index (κ3) is 1.87. The highest BCUT2D eigenvalue weighted by Crippen LogP contribution is 2.36. The molecule has 0 fully saturated rings. The molecule has 0 aliphatic carbocycles. The van der Waals surface area contributed by atoms with E-state index in [9.17, 15) is 0 Å². The molecule has 1 aromatic rings. The second kappa shape index (κ2) is 3.62. The van der Waals surface area contributed by atoms with Crippen molar-refractivity contribution in [3.8, 4) is 10.8 Å². The normalized spacial score (nSPS) is 9.73. The van der Waals surface area contributed by atoms with Gasteiger partial charge in [-0.15, -0.1) is 11.3 Å². The van der Waals surface area contributed by atoms with Crippen LogP contribution < -0.4 is 9.47 Å². The van der Waals surface area contributed by atoms with Gasteiger partial charge in [-0.2, -0.15) is 0 Å². The molecule has 0 aromatic carbocycles. The summed E-state index contributed by atoms with van der Waals surface area (Å²) in [6.45, 7) is 4.69. The average molecular weight is 172 g/mol. The lowest BCUT2D eigenvalue weighted by atomic mass is 10.5. The van der Waals surface area contributed by atoms with Gasteiger partial charge in [-0.1, -0.05) is 0 Å². The Morgan fingerprint density at radius 1 is 1.55 bits per heavy atom. The molecule has 0 spiro atoms. The Morgan fingerprint density at radius 3 is 2.82 bits per heavy atom. The van der Waals surface area contributed by atoms with Crippen LogP contribution in [0.3, 0.4) is 0 Å². The zero-order valence-corrected chi connectivity index (χ0v) is 7.83. The van der Waals surface area contributed by atoms with Crippen LogP contribution in [0, 0.1) is 6.92 Å². The van der Waals surface area contributed by atoms with Gasteiger partial charge < -0.3 is 9.47 Å². The van der Waals surface area contributed by atoms with E-state index in [0.29, 0.717) is 6.61 Å². The van der Waals surface area contributed by atoms with Crippen molar-refractivity contribution in [2.75, 3.05) is 13.7 Å². The molecule has 2 nitrogen and oxygen atoms in total. The number of methoxy groups -OCH3 is 1. The molecule has 3 heteroatoms. The highest BCUT2D eigenvalue weighted by atomic mass is 32.1. The van der Waals surface area contributed by atoms with E-state index < -0.39 is 0 Å². The molecule has 0 saturated heterocycles. The zero-order chi connectivity index (χ0) is 8.27. The number of aryl methyl sites for hydroxylation is 1. The first-order chi connectivity index (χ1) is 5.27. The van der Waals surface area contributed by atoms with Gasteiger partial charge in [0.2, 0.25) is 5.06 Å². The second-order valence-electron chi connectivity index (χ2n) is 2.15. The van der Waals surface area contributed by atoms with Crippen molar-refractivity contribution in [1.29, 1.82) is 0 Å². The highest BCUT2D eigenvalue weighted by Gasteiger charge is 2.06. The van der Waals surface area contributed by atoms with Gasteiger partial charge in [-0.3, -0.25) is 0 Å². The van der Waals surface area contributed by atoms with Gasteiger partial charge in [-0.05, 0) is 19.9 Å². The topological polar surface area (TPSA) is 18.5 Å². The summed E-state index contributed by atoms with van der Waals surface area (Å²) in [4.78, 5) is 1.21. The van der Waals surface area contributed by atoms with Gasteiger partial charge in [-0.25, -0.2) is 0 Å². The van der Waals surface area contributed by atoms with Gasteiger partial charge >= 0.3 is 0 Å². The Morgan fingerprint density at radius 2 is 2.27 bits per heavy atom. The smallest absolute Gasteiger partial charge is 0.216 e. The predicted molar refractivity (Wildman–Crippen MR) is 46.8 cm³/mol. The number of hydrogen-bond acceptors (Lipinski definition) is 3. The monoisotopic (exact) mass is 172 g/mol. The third-order valence-corrected chi connectivity index (χ3v) is 2.27. The summed E-state index contributed by atoms with van der Waals surface area (Å²) in [5, 5.41) is 0.865. The van der Waals surface area contributed by atoms with Gasteiger partial charge in [0.25, 0.3) is 0 Å². The molecule has 1 aromatic heterocycles. The lowest BCUT2D eigenvalue weighted by Crippen LogP contribution is -1.91. The molecule has 0 aliphatic rings. The number of ether oxygens (including phenoxy) is 2. The Bertz CT molecular complexity index is 230. The quantitative estimate of drug-likeness (QED) is 0.697. The molecule has 0 bridgehead atoms. The predicted octanol–water partition coefficient (Wildman–Crippen LogP) is 2.46. The molecule has 62 valence electrons. The number of thiophene rings is 1. The Kier molecular flexibility index (Phi) is 2.76.